The van der Waals surface area contributed by atoms with E-state index < -0.39 is 0 Å². The Morgan fingerprint density at radius 1 is 1.42 bits per heavy atom. The number of aromatic amines is 1. The van der Waals surface area contributed by atoms with Gasteiger partial charge in [0.1, 0.15) is 0 Å². The smallest absolute Gasteiger partial charge is 0.225 e. The average molecular weight is 348 g/mol. The van der Waals surface area contributed by atoms with Crippen molar-refractivity contribution >= 4 is 17.5 Å². The van der Waals surface area contributed by atoms with Gasteiger partial charge < -0.3 is 10.1 Å². The number of nitrogens with one attached hydrogen (secondary N) is 2. The number of benzene rings is 1. The lowest BCUT2D eigenvalue weighted by atomic mass is 9.92. The number of nitrogens with zero attached hydrogens (tertiary/aromatic N) is 1. The minimum atomic E-state index is -0.0650. The zero-order valence-electron chi connectivity index (χ0n) is 13.9. The van der Waals surface area contributed by atoms with Crippen LogP contribution in [0.4, 0.5) is 0 Å². The maximum Gasteiger partial charge on any atom is 0.225 e. The molecule has 1 amide bonds. The van der Waals surface area contributed by atoms with Gasteiger partial charge in [0, 0.05) is 28.8 Å². The fourth-order valence-electron chi connectivity index (χ4n) is 3.18. The highest BCUT2D eigenvalue weighted by Crippen LogP contribution is 2.29. The Bertz CT molecular complexity index is 686. The van der Waals surface area contributed by atoms with E-state index in [1.54, 1.807) is 0 Å². The molecule has 1 aliphatic heterocycles. The lowest BCUT2D eigenvalue weighted by Crippen LogP contribution is -2.35. The largest absolute Gasteiger partial charge is 0.381 e. The first-order valence-corrected chi connectivity index (χ1v) is 8.55. The summed E-state index contributed by atoms with van der Waals surface area (Å²) in [6.45, 7) is 5.25. The van der Waals surface area contributed by atoms with E-state index in [0.29, 0.717) is 18.1 Å². The van der Waals surface area contributed by atoms with Gasteiger partial charge in [0.15, 0.2) is 0 Å². The summed E-state index contributed by atoms with van der Waals surface area (Å²) in [5, 5.41) is 11.0. The molecule has 6 heteroatoms. The quantitative estimate of drug-likeness (QED) is 0.873. The van der Waals surface area contributed by atoms with E-state index in [1.165, 1.54) is 0 Å². The fourth-order valence-corrected chi connectivity index (χ4v) is 3.30. The molecule has 1 fully saturated rings. The van der Waals surface area contributed by atoms with Gasteiger partial charge in [-0.2, -0.15) is 5.10 Å². The molecule has 24 heavy (non-hydrogen) atoms. The molecule has 2 heterocycles. The zero-order valence-corrected chi connectivity index (χ0v) is 14.7. The molecule has 3 rings (SSSR count). The Hall–Kier alpha value is -1.85. The molecule has 1 saturated heterocycles. The third-order valence-corrected chi connectivity index (χ3v) is 4.85. The van der Waals surface area contributed by atoms with Crippen molar-refractivity contribution in [3.63, 3.8) is 0 Å². The number of rotatable bonds is 5. The van der Waals surface area contributed by atoms with Gasteiger partial charge in [-0.25, -0.2) is 0 Å². The van der Waals surface area contributed by atoms with Crippen molar-refractivity contribution in [1.29, 1.82) is 0 Å². The second-order valence-electron chi connectivity index (χ2n) is 6.31. The highest BCUT2D eigenvalue weighted by molar-refractivity contribution is 6.30. The van der Waals surface area contributed by atoms with Gasteiger partial charge >= 0.3 is 0 Å². The van der Waals surface area contributed by atoms with Crippen LogP contribution < -0.4 is 5.32 Å². The van der Waals surface area contributed by atoms with Gasteiger partial charge in [-0.15, -0.1) is 0 Å². The predicted molar refractivity (Wildman–Crippen MR) is 93.0 cm³/mol. The topological polar surface area (TPSA) is 67.0 Å². The van der Waals surface area contributed by atoms with Crippen molar-refractivity contribution in [3.8, 4) is 0 Å². The summed E-state index contributed by atoms with van der Waals surface area (Å²) in [5.74, 6) is 0.274. The number of aryl methyl sites for hydroxylation is 2. The van der Waals surface area contributed by atoms with Crippen molar-refractivity contribution in [2.24, 2.45) is 5.92 Å². The van der Waals surface area contributed by atoms with Gasteiger partial charge in [0.2, 0.25) is 5.91 Å². The van der Waals surface area contributed by atoms with Crippen LogP contribution in [-0.4, -0.2) is 29.3 Å². The summed E-state index contributed by atoms with van der Waals surface area (Å²) in [6.07, 6.45) is 1.27. The van der Waals surface area contributed by atoms with Crippen LogP contribution in [0.5, 0.6) is 0 Å². The number of hydrogen-bond acceptors (Lipinski definition) is 3. The Morgan fingerprint density at radius 2 is 2.17 bits per heavy atom. The van der Waals surface area contributed by atoms with Crippen LogP contribution in [0, 0.1) is 19.8 Å². The predicted octanol–water partition coefficient (Wildman–Crippen LogP) is 3.12. The van der Waals surface area contributed by atoms with Crippen molar-refractivity contribution in [2.75, 3.05) is 13.2 Å². The van der Waals surface area contributed by atoms with Crippen LogP contribution >= 0.6 is 11.6 Å². The number of carbonyl (C=O) groups is 1. The number of hydrogen-bond donors (Lipinski definition) is 2. The number of halogens is 1. The van der Waals surface area contributed by atoms with E-state index in [9.17, 15) is 4.79 Å². The molecule has 5 nitrogen and oxygen atoms in total. The second kappa shape index (κ2) is 7.36. The number of carbonyl (C=O) groups excluding carboxylic acids is 1. The van der Waals surface area contributed by atoms with Crippen LogP contribution in [0.3, 0.4) is 0 Å². The van der Waals surface area contributed by atoms with Crippen LogP contribution in [0.1, 0.15) is 35.0 Å². The molecule has 128 valence electrons. The average Bonchev–Trinajstić information content (AvgIpc) is 3.19. The Morgan fingerprint density at radius 3 is 2.75 bits per heavy atom. The van der Waals surface area contributed by atoms with Crippen LogP contribution in [0.2, 0.25) is 5.02 Å². The molecule has 0 bridgehead atoms. The summed E-state index contributed by atoms with van der Waals surface area (Å²) in [5.41, 5.74) is 3.83. The molecule has 2 aromatic rings. The molecule has 0 spiro atoms. The Kier molecular flexibility index (Phi) is 5.21. The number of amides is 1. The highest BCUT2D eigenvalue weighted by Gasteiger charge is 2.28. The normalized spacial score (nSPS) is 18.5. The van der Waals surface area contributed by atoms with Crippen LogP contribution in [0.25, 0.3) is 0 Å². The molecule has 0 saturated carbocycles. The van der Waals surface area contributed by atoms with Crippen molar-refractivity contribution < 1.29 is 9.53 Å². The summed E-state index contributed by atoms with van der Waals surface area (Å²) in [7, 11) is 0. The fraction of sp³-hybridized carbons (Fsp3) is 0.444. The summed E-state index contributed by atoms with van der Waals surface area (Å²) >= 11 is 5.99. The van der Waals surface area contributed by atoms with Gasteiger partial charge in [0.25, 0.3) is 0 Å². The van der Waals surface area contributed by atoms with E-state index in [2.05, 4.69) is 15.5 Å². The van der Waals surface area contributed by atoms with Gasteiger partial charge in [-0.05, 0) is 38.0 Å². The minimum absolute atomic E-state index is 0.00514. The first kappa shape index (κ1) is 17.0. The SMILES string of the molecule is Cc1n[nH]c(C)c1CC(=O)N[C@@H](c1ccc(Cl)cc1)[C@H]1CCOC1. The van der Waals surface area contributed by atoms with Crippen molar-refractivity contribution in [2.45, 2.75) is 32.7 Å². The maximum atomic E-state index is 12.6. The first-order valence-electron chi connectivity index (χ1n) is 8.17. The molecular weight excluding hydrogens is 326 g/mol. The summed E-state index contributed by atoms with van der Waals surface area (Å²) < 4.78 is 5.52. The van der Waals surface area contributed by atoms with Gasteiger partial charge in [-0.1, -0.05) is 23.7 Å². The third-order valence-electron chi connectivity index (χ3n) is 4.60. The van der Waals surface area contributed by atoms with E-state index in [0.717, 1.165) is 35.5 Å². The van der Waals surface area contributed by atoms with E-state index in [4.69, 9.17) is 16.3 Å². The number of ether oxygens (including phenoxy) is 1. The third kappa shape index (κ3) is 3.79. The number of H-pyrrole nitrogens is 1. The molecule has 0 aliphatic carbocycles. The van der Waals surface area contributed by atoms with E-state index >= 15 is 0 Å². The molecule has 0 radical (unpaired) electrons. The van der Waals surface area contributed by atoms with Gasteiger partial charge in [-0.3, -0.25) is 9.89 Å². The summed E-state index contributed by atoms with van der Waals surface area (Å²) in [4.78, 5) is 12.6. The van der Waals surface area contributed by atoms with E-state index in [1.807, 2.05) is 38.1 Å². The van der Waals surface area contributed by atoms with E-state index in [-0.39, 0.29) is 17.9 Å². The molecular formula is C18H22ClN3O2. The highest BCUT2D eigenvalue weighted by atomic mass is 35.5. The number of aromatic nitrogens is 2. The van der Waals surface area contributed by atoms with Crippen LogP contribution in [0.15, 0.2) is 24.3 Å². The van der Waals surface area contributed by atoms with Gasteiger partial charge in [0.05, 0.1) is 24.8 Å². The molecule has 2 N–H and O–H groups in total. The van der Waals surface area contributed by atoms with Crippen molar-refractivity contribution in [1.82, 2.24) is 15.5 Å². The lowest BCUT2D eigenvalue weighted by Gasteiger charge is -2.24. The Labute approximate surface area is 146 Å². The standard InChI is InChI=1S/C18H22ClN3O2/c1-11-16(12(2)22-21-11)9-17(23)20-18(14-7-8-24-10-14)13-3-5-15(19)6-4-13/h3-6,14,18H,7-10H2,1-2H3,(H,20,23)(H,21,22)/t14-,18-/m0/s1. The summed E-state index contributed by atoms with van der Waals surface area (Å²) in [6, 6.07) is 7.59. The monoisotopic (exact) mass is 347 g/mol. The molecule has 1 aromatic heterocycles. The molecule has 1 aliphatic rings. The molecule has 0 unspecified atom stereocenters. The zero-order chi connectivity index (χ0) is 17.1. The van der Waals surface area contributed by atoms with Crippen LogP contribution in [-0.2, 0) is 16.0 Å². The first-order chi connectivity index (χ1) is 11.5. The Balaban J connectivity index is 1.76. The minimum Gasteiger partial charge on any atom is -0.381 e. The maximum absolute atomic E-state index is 12.6. The second-order valence-corrected chi connectivity index (χ2v) is 6.75. The lowest BCUT2D eigenvalue weighted by molar-refractivity contribution is -0.121. The molecule has 1 aromatic carbocycles. The van der Waals surface area contributed by atoms with Crippen molar-refractivity contribution in [3.05, 3.63) is 51.8 Å². The molecule has 2 atom stereocenters.